The summed E-state index contributed by atoms with van der Waals surface area (Å²) in [6, 6.07) is 49.9. The minimum atomic E-state index is 0.414. The first-order chi connectivity index (χ1) is 19.2. The number of fused-ring (bicyclic) bond motifs is 1. The lowest BCUT2D eigenvalue weighted by atomic mass is 10.0. The van der Waals surface area contributed by atoms with Crippen molar-refractivity contribution in [2.24, 2.45) is 5.18 Å². The Morgan fingerprint density at radius 3 is 1.85 bits per heavy atom. The molecule has 0 aliphatic carbocycles. The SMILES string of the molecule is CN(c1ccc(N(c2ccc(-c3ccccc3)cc2)c2cccc3ccccc23)cc1)c1cccc(N=O)c1. The van der Waals surface area contributed by atoms with E-state index in [2.05, 4.69) is 130 Å². The van der Waals surface area contributed by atoms with E-state index in [0.29, 0.717) is 5.69 Å². The molecule has 6 aromatic carbocycles. The van der Waals surface area contributed by atoms with E-state index in [1.807, 2.05) is 25.2 Å². The molecular formula is C35H27N3O. The molecule has 0 atom stereocenters. The van der Waals surface area contributed by atoms with E-state index in [9.17, 15) is 4.91 Å². The molecule has 4 heteroatoms. The van der Waals surface area contributed by atoms with Crippen LogP contribution in [0, 0.1) is 4.91 Å². The lowest BCUT2D eigenvalue weighted by Crippen LogP contribution is -2.12. The number of anilines is 5. The molecular weight excluding hydrogens is 478 g/mol. The maximum atomic E-state index is 11.0. The van der Waals surface area contributed by atoms with Crippen LogP contribution in [0.3, 0.4) is 0 Å². The summed E-state index contributed by atoms with van der Waals surface area (Å²) in [6.07, 6.45) is 0. The van der Waals surface area contributed by atoms with Crippen LogP contribution in [-0.2, 0) is 0 Å². The Morgan fingerprint density at radius 2 is 1.10 bits per heavy atom. The van der Waals surface area contributed by atoms with Crippen LogP contribution in [0.5, 0.6) is 0 Å². The van der Waals surface area contributed by atoms with Gasteiger partial charge in [-0.05, 0) is 82.4 Å². The first-order valence-electron chi connectivity index (χ1n) is 12.9. The summed E-state index contributed by atoms with van der Waals surface area (Å²) in [5.41, 5.74) is 7.96. The first kappa shape index (κ1) is 24.1. The number of rotatable bonds is 7. The van der Waals surface area contributed by atoms with Gasteiger partial charge in [0.1, 0.15) is 5.69 Å². The molecule has 0 aliphatic rings. The average Bonchev–Trinajstić information content (AvgIpc) is 3.02. The molecule has 0 saturated heterocycles. The summed E-state index contributed by atoms with van der Waals surface area (Å²) in [5.74, 6) is 0. The van der Waals surface area contributed by atoms with Crippen LogP contribution in [0.1, 0.15) is 0 Å². The normalized spacial score (nSPS) is 10.8. The van der Waals surface area contributed by atoms with Gasteiger partial charge in [0.25, 0.3) is 0 Å². The van der Waals surface area contributed by atoms with Crippen molar-refractivity contribution in [2.45, 2.75) is 0 Å². The molecule has 0 fully saturated rings. The van der Waals surface area contributed by atoms with Crippen molar-refractivity contribution in [3.05, 3.63) is 150 Å². The molecule has 0 aliphatic heterocycles. The lowest BCUT2D eigenvalue weighted by Gasteiger charge is -2.28. The predicted molar refractivity (Wildman–Crippen MR) is 164 cm³/mol. The largest absolute Gasteiger partial charge is 0.345 e. The third-order valence-electron chi connectivity index (χ3n) is 7.06. The fourth-order valence-corrected chi connectivity index (χ4v) is 5.00. The highest BCUT2D eigenvalue weighted by Gasteiger charge is 2.16. The van der Waals surface area contributed by atoms with E-state index in [4.69, 9.17) is 0 Å². The van der Waals surface area contributed by atoms with E-state index >= 15 is 0 Å². The summed E-state index contributed by atoms with van der Waals surface area (Å²) in [4.78, 5) is 15.4. The van der Waals surface area contributed by atoms with Gasteiger partial charge >= 0.3 is 0 Å². The highest BCUT2D eigenvalue weighted by atomic mass is 16.3. The zero-order chi connectivity index (χ0) is 26.6. The minimum Gasteiger partial charge on any atom is -0.345 e. The van der Waals surface area contributed by atoms with Crippen molar-refractivity contribution in [3.63, 3.8) is 0 Å². The Bertz CT molecular complexity index is 1720. The summed E-state index contributed by atoms with van der Waals surface area (Å²) in [6.45, 7) is 0. The minimum absolute atomic E-state index is 0.414. The molecule has 6 rings (SSSR count). The van der Waals surface area contributed by atoms with E-state index in [0.717, 1.165) is 28.4 Å². The summed E-state index contributed by atoms with van der Waals surface area (Å²) in [5, 5.41) is 5.46. The van der Waals surface area contributed by atoms with E-state index in [-0.39, 0.29) is 0 Å². The summed E-state index contributed by atoms with van der Waals surface area (Å²) in [7, 11) is 1.99. The maximum Gasteiger partial charge on any atom is 0.110 e. The molecule has 39 heavy (non-hydrogen) atoms. The Morgan fingerprint density at radius 1 is 0.513 bits per heavy atom. The van der Waals surface area contributed by atoms with Crippen molar-refractivity contribution in [2.75, 3.05) is 16.8 Å². The fourth-order valence-electron chi connectivity index (χ4n) is 5.00. The third kappa shape index (κ3) is 4.88. The second-order valence-electron chi connectivity index (χ2n) is 9.43. The van der Waals surface area contributed by atoms with Crippen molar-refractivity contribution in [3.8, 4) is 11.1 Å². The molecule has 0 heterocycles. The Kier molecular flexibility index (Phi) is 6.59. The van der Waals surface area contributed by atoms with Gasteiger partial charge in [0.05, 0.1) is 5.69 Å². The molecule has 0 aromatic heterocycles. The van der Waals surface area contributed by atoms with Crippen molar-refractivity contribution >= 4 is 44.9 Å². The number of benzene rings is 6. The van der Waals surface area contributed by atoms with Crippen LogP contribution in [-0.4, -0.2) is 7.05 Å². The van der Waals surface area contributed by atoms with Gasteiger partial charge in [-0.3, -0.25) is 0 Å². The summed E-state index contributed by atoms with van der Waals surface area (Å²) >= 11 is 0. The zero-order valence-corrected chi connectivity index (χ0v) is 21.6. The van der Waals surface area contributed by atoms with Crippen LogP contribution >= 0.6 is 0 Å². The van der Waals surface area contributed by atoms with Gasteiger partial charge in [-0.25, -0.2) is 0 Å². The molecule has 6 aromatic rings. The predicted octanol–water partition coefficient (Wildman–Crippen LogP) is 10.1. The molecule has 0 unspecified atom stereocenters. The first-order valence-corrected chi connectivity index (χ1v) is 12.9. The maximum absolute atomic E-state index is 11.0. The average molecular weight is 506 g/mol. The van der Waals surface area contributed by atoms with Gasteiger partial charge in [0, 0.05) is 35.2 Å². The van der Waals surface area contributed by atoms with E-state index in [1.165, 1.54) is 21.9 Å². The molecule has 0 saturated carbocycles. The van der Waals surface area contributed by atoms with Gasteiger partial charge in [0.2, 0.25) is 0 Å². The molecule has 0 N–H and O–H groups in total. The van der Waals surface area contributed by atoms with E-state index in [1.54, 1.807) is 12.1 Å². The van der Waals surface area contributed by atoms with Crippen molar-refractivity contribution < 1.29 is 0 Å². The second-order valence-corrected chi connectivity index (χ2v) is 9.43. The molecule has 188 valence electrons. The van der Waals surface area contributed by atoms with Crippen LogP contribution in [0.4, 0.5) is 34.1 Å². The number of hydrogen-bond donors (Lipinski definition) is 0. The third-order valence-corrected chi connectivity index (χ3v) is 7.06. The molecule has 4 nitrogen and oxygen atoms in total. The molecule has 0 amide bonds. The molecule has 0 radical (unpaired) electrons. The standard InChI is InChI=1S/C35H27N3O/c1-37(33-14-8-13-29(25-33)36-39)30-21-23-32(24-22-30)38(35-16-7-12-28-11-5-6-15-34(28)35)31-19-17-27(18-20-31)26-9-3-2-4-10-26/h2-25H,1H3. The second kappa shape index (κ2) is 10.6. The summed E-state index contributed by atoms with van der Waals surface area (Å²) < 4.78 is 0. The highest BCUT2D eigenvalue weighted by Crippen LogP contribution is 2.40. The van der Waals surface area contributed by atoms with Crippen molar-refractivity contribution in [1.29, 1.82) is 0 Å². The van der Waals surface area contributed by atoms with Gasteiger partial charge in [-0.1, -0.05) is 84.9 Å². The van der Waals surface area contributed by atoms with Crippen molar-refractivity contribution in [1.82, 2.24) is 0 Å². The molecule has 0 spiro atoms. The quantitative estimate of drug-likeness (QED) is 0.203. The van der Waals surface area contributed by atoms with Crippen LogP contribution < -0.4 is 9.80 Å². The van der Waals surface area contributed by atoms with Gasteiger partial charge in [-0.15, -0.1) is 4.91 Å². The van der Waals surface area contributed by atoms with Crippen LogP contribution in [0.25, 0.3) is 21.9 Å². The van der Waals surface area contributed by atoms with Crippen LogP contribution in [0.2, 0.25) is 0 Å². The van der Waals surface area contributed by atoms with Gasteiger partial charge < -0.3 is 9.80 Å². The van der Waals surface area contributed by atoms with Crippen LogP contribution in [0.15, 0.2) is 151 Å². The lowest BCUT2D eigenvalue weighted by molar-refractivity contribution is 1.20. The Balaban J connectivity index is 1.42. The Labute approximate surface area is 228 Å². The molecule has 0 bridgehead atoms. The Hall–Kier alpha value is -5.22. The zero-order valence-electron chi connectivity index (χ0n) is 21.6. The fraction of sp³-hybridized carbons (Fsp3) is 0.0286. The van der Waals surface area contributed by atoms with Gasteiger partial charge in [-0.2, -0.15) is 0 Å². The highest BCUT2D eigenvalue weighted by molar-refractivity contribution is 5.99. The van der Waals surface area contributed by atoms with E-state index < -0.39 is 0 Å². The number of nitrogens with zero attached hydrogens (tertiary/aromatic N) is 3. The number of nitroso groups, excluding NO2 is 1. The van der Waals surface area contributed by atoms with Gasteiger partial charge in [0.15, 0.2) is 0 Å². The topological polar surface area (TPSA) is 35.9 Å². The smallest absolute Gasteiger partial charge is 0.110 e. The number of hydrogen-bond acceptors (Lipinski definition) is 4. The monoisotopic (exact) mass is 505 g/mol.